The van der Waals surface area contributed by atoms with Crippen molar-refractivity contribution < 1.29 is 4.79 Å². The van der Waals surface area contributed by atoms with Crippen LogP contribution in [0.1, 0.15) is 17.3 Å². The third kappa shape index (κ3) is 3.03. The second-order valence-corrected chi connectivity index (χ2v) is 6.18. The van der Waals surface area contributed by atoms with Gasteiger partial charge in [0.1, 0.15) is 0 Å². The molecule has 0 fully saturated rings. The largest absolute Gasteiger partial charge is 0.329 e. The number of carbonyl (C=O) groups excluding carboxylic acids is 1. The average Bonchev–Trinajstić information content (AvgIpc) is 2.75. The Morgan fingerprint density at radius 2 is 2.06 bits per heavy atom. The zero-order valence-electron chi connectivity index (χ0n) is 10.1. The Balaban J connectivity index is 2.09. The molecule has 5 heteroatoms. The monoisotopic (exact) mass is 324 g/mol. The van der Waals surface area contributed by atoms with Crippen LogP contribution in [0.15, 0.2) is 46.3 Å². The van der Waals surface area contributed by atoms with E-state index in [4.69, 9.17) is 0 Å². The molecule has 1 aromatic heterocycles. The molecule has 0 N–H and O–H groups in total. The van der Waals surface area contributed by atoms with Gasteiger partial charge in [0.05, 0.1) is 5.25 Å². The smallest absolute Gasteiger partial charge is 0.175 e. The normalized spacial score (nSPS) is 12.4. The molecule has 0 unspecified atom stereocenters. The van der Waals surface area contributed by atoms with Crippen LogP contribution in [-0.4, -0.2) is 20.6 Å². The van der Waals surface area contributed by atoms with E-state index in [2.05, 4.69) is 20.9 Å². The lowest BCUT2D eigenvalue weighted by Gasteiger charge is -2.09. The van der Waals surface area contributed by atoms with Gasteiger partial charge in [-0.25, -0.2) is 4.98 Å². The first-order chi connectivity index (χ1) is 8.58. The fraction of sp³-hybridized carbons (Fsp3) is 0.231. The summed E-state index contributed by atoms with van der Waals surface area (Å²) in [6.07, 6.45) is 3.61. The standard InChI is InChI=1S/C13H13BrN2OS/c1-9(18-13-15-7-8-16(13)2)12(17)10-3-5-11(14)6-4-10/h3-9H,1-2H3/t9-/m1/s1. The SMILES string of the molecule is C[C@@H](Sc1nccn1C)C(=O)c1ccc(Br)cc1. The summed E-state index contributed by atoms with van der Waals surface area (Å²) in [6.45, 7) is 1.91. The number of aromatic nitrogens is 2. The summed E-state index contributed by atoms with van der Waals surface area (Å²) in [5.74, 6) is 0.121. The van der Waals surface area contributed by atoms with E-state index < -0.39 is 0 Å². The predicted molar refractivity (Wildman–Crippen MR) is 77.0 cm³/mol. The van der Waals surface area contributed by atoms with Crippen molar-refractivity contribution in [3.8, 4) is 0 Å². The highest BCUT2D eigenvalue weighted by Crippen LogP contribution is 2.24. The van der Waals surface area contributed by atoms with E-state index in [-0.39, 0.29) is 11.0 Å². The molecule has 0 aliphatic rings. The van der Waals surface area contributed by atoms with Crippen molar-refractivity contribution in [1.29, 1.82) is 0 Å². The molecular weight excluding hydrogens is 312 g/mol. The number of aryl methyl sites for hydroxylation is 1. The Morgan fingerprint density at radius 3 is 2.61 bits per heavy atom. The molecule has 94 valence electrons. The highest BCUT2D eigenvalue weighted by Gasteiger charge is 2.18. The molecule has 0 radical (unpaired) electrons. The number of hydrogen-bond donors (Lipinski definition) is 0. The van der Waals surface area contributed by atoms with Gasteiger partial charge in [0.25, 0.3) is 0 Å². The molecule has 2 aromatic rings. The first-order valence-electron chi connectivity index (χ1n) is 5.51. The maximum absolute atomic E-state index is 12.2. The summed E-state index contributed by atoms with van der Waals surface area (Å²) in [7, 11) is 1.92. The van der Waals surface area contributed by atoms with Crippen LogP contribution >= 0.6 is 27.7 Å². The average molecular weight is 325 g/mol. The van der Waals surface area contributed by atoms with Crippen LogP contribution in [0.5, 0.6) is 0 Å². The lowest BCUT2D eigenvalue weighted by molar-refractivity contribution is 0.0994. The van der Waals surface area contributed by atoms with E-state index in [0.717, 1.165) is 15.2 Å². The van der Waals surface area contributed by atoms with E-state index in [0.29, 0.717) is 0 Å². The maximum Gasteiger partial charge on any atom is 0.175 e. The number of ketones is 1. The Labute approximate surface area is 119 Å². The quantitative estimate of drug-likeness (QED) is 0.637. The van der Waals surface area contributed by atoms with Crippen LogP contribution in [0, 0.1) is 0 Å². The van der Waals surface area contributed by atoms with Gasteiger partial charge in [-0.2, -0.15) is 0 Å². The highest BCUT2D eigenvalue weighted by molar-refractivity contribution is 9.10. The fourth-order valence-corrected chi connectivity index (χ4v) is 2.70. The third-order valence-electron chi connectivity index (χ3n) is 2.56. The molecule has 1 heterocycles. The molecule has 18 heavy (non-hydrogen) atoms. The zero-order valence-corrected chi connectivity index (χ0v) is 12.5. The molecule has 1 aromatic carbocycles. The number of rotatable bonds is 4. The topological polar surface area (TPSA) is 34.9 Å². The summed E-state index contributed by atoms with van der Waals surface area (Å²) in [5.41, 5.74) is 0.729. The van der Waals surface area contributed by atoms with Crippen LogP contribution in [0.2, 0.25) is 0 Å². The minimum absolute atomic E-state index is 0.121. The van der Waals surface area contributed by atoms with Crippen LogP contribution < -0.4 is 0 Å². The van der Waals surface area contributed by atoms with Gasteiger partial charge in [-0.3, -0.25) is 4.79 Å². The fourth-order valence-electron chi connectivity index (χ4n) is 1.53. The minimum Gasteiger partial charge on any atom is -0.329 e. The lowest BCUT2D eigenvalue weighted by atomic mass is 10.1. The van der Waals surface area contributed by atoms with E-state index in [1.807, 2.05) is 49.0 Å². The number of benzene rings is 1. The van der Waals surface area contributed by atoms with Gasteiger partial charge in [0.15, 0.2) is 10.9 Å². The molecule has 0 aliphatic heterocycles. The molecule has 0 saturated carbocycles. The molecule has 0 aliphatic carbocycles. The Bertz CT molecular complexity index is 550. The first kappa shape index (κ1) is 13.4. The van der Waals surface area contributed by atoms with Gasteiger partial charge in [0, 0.05) is 29.5 Å². The first-order valence-corrected chi connectivity index (χ1v) is 7.19. The van der Waals surface area contributed by atoms with Crippen molar-refractivity contribution in [1.82, 2.24) is 9.55 Å². The molecule has 0 spiro atoms. The molecule has 0 bridgehead atoms. The van der Waals surface area contributed by atoms with Gasteiger partial charge < -0.3 is 4.57 Å². The van der Waals surface area contributed by atoms with E-state index in [1.54, 1.807) is 6.20 Å². The molecular formula is C13H13BrN2OS. The zero-order chi connectivity index (χ0) is 13.1. The van der Waals surface area contributed by atoms with Gasteiger partial charge in [-0.1, -0.05) is 39.8 Å². The second-order valence-electron chi connectivity index (χ2n) is 3.95. The van der Waals surface area contributed by atoms with Crippen LogP contribution in [0.3, 0.4) is 0 Å². The van der Waals surface area contributed by atoms with Crippen molar-refractivity contribution in [2.24, 2.45) is 7.05 Å². The van der Waals surface area contributed by atoms with Crippen molar-refractivity contribution in [3.05, 3.63) is 46.7 Å². The van der Waals surface area contributed by atoms with Crippen LogP contribution in [0.4, 0.5) is 0 Å². The van der Waals surface area contributed by atoms with E-state index in [9.17, 15) is 4.79 Å². The summed E-state index contributed by atoms with van der Waals surface area (Å²) in [5, 5.41) is 0.709. The summed E-state index contributed by atoms with van der Waals surface area (Å²) >= 11 is 4.83. The Hall–Kier alpha value is -1.07. The van der Waals surface area contributed by atoms with Crippen molar-refractivity contribution in [3.63, 3.8) is 0 Å². The molecule has 0 amide bonds. The van der Waals surface area contributed by atoms with Gasteiger partial charge >= 0.3 is 0 Å². The predicted octanol–water partition coefficient (Wildman–Crippen LogP) is 3.55. The Morgan fingerprint density at radius 1 is 1.39 bits per heavy atom. The van der Waals surface area contributed by atoms with Crippen molar-refractivity contribution in [2.45, 2.75) is 17.3 Å². The third-order valence-corrected chi connectivity index (χ3v) is 4.26. The van der Waals surface area contributed by atoms with Crippen molar-refractivity contribution in [2.75, 3.05) is 0 Å². The number of hydrogen-bond acceptors (Lipinski definition) is 3. The van der Waals surface area contributed by atoms with Gasteiger partial charge in [0.2, 0.25) is 0 Å². The number of imidazole rings is 1. The van der Waals surface area contributed by atoms with E-state index in [1.165, 1.54) is 11.8 Å². The number of halogens is 1. The van der Waals surface area contributed by atoms with Gasteiger partial charge in [-0.15, -0.1) is 0 Å². The maximum atomic E-state index is 12.2. The number of Topliss-reactive ketones (excluding diaryl/α,β-unsaturated/α-hetero) is 1. The number of carbonyl (C=O) groups is 1. The van der Waals surface area contributed by atoms with Crippen LogP contribution in [0.25, 0.3) is 0 Å². The van der Waals surface area contributed by atoms with E-state index >= 15 is 0 Å². The van der Waals surface area contributed by atoms with Gasteiger partial charge in [-0.05, 0) is 19.1 Å². The minimum atomic E-state index is -0.146. The summed E-state index contributed by atoms with van der Waals surface area (Å²) in [4.78, 5) is 16.4. The molecule has 1 atom stereocenters. The Kier molecular flexibility index (Phi) is 4.24. The molecule has 2 rings (SSSR count). The summed E-state index contributed by atoms with van der Waals surface area (Å²) < 4.78 is 2.89. The molecule has 3 nitrogen and oxygen atoms in total. The summed E-state index contributed by atoms with van der Waals surface area (Å²) in [6, 6.07) is 7.43. The highest BCUT2D eigenvalue weighted by atomic mass is 79.9. The lowest BCUT2D eigenvalue weighted by Crippen LogP contribution is -2.14. The second kappa shape index (κ2) is 5.71. The number of nitrogens with zero attached hydrogens (tertiary/aromatic N) is 2. The molecule has 0 saturated heterocycles. The number of thioether (sulfide) groups is 1. The van der Waals surface area contributed by atoms with Crippen LogP contribution in [-0.2, 0) is 7.05 Å². The van der Waals surface area contributed by atoms with Crippen molar-refractivity contribution >= 4 is 33.5 Å².